The summed E-state index contributed by atoms with van der Waals surface area (Å²) in [5.74, 6) is 0.359. The third-order valence-electron chi connectivity index (χ3n) is 5.95. The number of pyridine rings is 1. The Balaban J connectivity index is 2.05. The summed E-state index contributed by atoms with van der Waals surface area (Å²) in [7, 11) is -0.334. The van der Waals surface area contributed by atoms with Crippen LogP contribution in [-0.2, 0) is 10.0 Å². The lowest BCUT2D eigenvalue weighted by atomic mass is 9.99. The topological polar surface area (TPSA) is 109 Å². The molecule has 10 heteroatoms. The third kappa shape index (κ3) is 5.63. The van der Waals surface area contributed by atoms with E-state index in [1.165, 1.54) is 11.4 Å². The number of hydrogen-bond donors (Lipinski definition) is 1. The zero-order valence-corrected chi connectivity index (χ0v) is 20.4. The molecular weight excluding hydrogens is 446 g/mol. The summed E-state index contributed by atoms with van der Waals surface area (Å²) in [5, 5.41) is 9.76. The van der Waals surface area contributed by atoms with E-state index in [9.17, 15) is 18.3 Å². The van der Waals surface area contributed by atoms with Gasteiger partial charge in [-0.15, -0.1) is 0 Å². The number of methoxy groups -OCH3 is 1. The Morgan fingerprint density at radius 1 is 1.30 bits per heavy atom. The normalized spacial score (nSPS) is 20.0. The first-order valence-electron chi connectivity index (χ1n) is 10.7. The number of carbonyl (C=O) groups excluding carboxylic acids is 1. The van der Waals surface area contributed by atoms with Crippen molar-refractivity contribution in [2.45, 2.75) is 26.0 Å². The van der Waals surface area contributed by atoms with Crippen molar-refractivity contribution in [2.75, 3.05) is 40.1 Å². The fourth-order valence-electron chi connectivity index (χ4n) is 3.65. The molecule has 180 valence electrons. The third-order valence-corrected chi connectivity index (χ3v) is 7.23. The molecule has 1 aromatic heterocycles. The fraction of sp³-hybridized carbons (Fsp3) is 0.478. The summed E-state index contributed by atoms with van der Waals surface area (Å²) in [6.07, 6.45) is 2.22. The Hall–Kier alpha value is -2.69. The van der Waals surface area contributed by atoms with Gasteiger partial charge in [-0.1, -0.05) is 19.1 Å². The number of amides is 1. The van der Waals surface area contributed by atoms with Crippen LogP contribution in [-0.4, -0.2) is 85.9 Å². The number of aliphatic hydroxyl groups excluding tert-OH is 1. The van der Waals surface area contributed by atoms with Crippen LogP contribution in [0.25, 0.3) is 11.1 Å². The molecule has 0 saturated heterocycles. The average molecular weight is 478 g/mol. The average Bonchev–Trinajstić information content (AvgIpc) is 2.79. The van der Waals surface area contributed by atoms with E-state index in [0.29, 0.717) is 12.3 Å². The van der Waals surface area contributed by atoms with E-state index < -0.39 is 22.2 Å². The van der Waals surface area contributed by atoms with Gasteiger partial charge in [0, 0.05) is 31.3 Å². The maximum Gasteiger partial charge on any atom is 0.259 e. The highest BCUT2D eigenvalue weighted by Gasteiger charge is 2.35. The van der Waals surface area contributed by atoms with Crippen LogP contribution in [0.3, 0.4) is 0 Å². The Morgan fingerprint density at radius 3 is 2.55 bits per heavy atom. The molecule has 1 aromatic carbocycles. The number of fused-ring (bicyclic) bond motifs is 1. The number of benzene rings is 1. The van der Waals surface area contributed by atoms with Gasteiger partial charge in [-0.25, -0.2) is 17.7 Å². The second-order valence-electron chi connectivity index (χ2n) is 8.47. The van der Waals surface area contributed by atoms with Crippen molar-refractivity contribution in [3.63, 3.8) is 0 Å². The molecule has 2 aromatic rings. The maximum absolute atomic E-state index is 13.5. The summed E-state index contributed by atoms with van der Waals surface area (Å²) in [6.45, 7) is 3.87. The van der Waals surface area contributed by atoms with Gasteiger partial charge in [0.2, 0.25) is 15.9 Å². The molecular formula is C23H31N3O6S. The number of carbonyl (C=O) groups is 1. The van der Waals surface area contributed by atoms with Gasteiger partial charge in [0.25, 0.3) is 5.91 Å². The van der Waals surface area contributed by atoms with Crippen molar-refractivity contribution in [3.8, 4) is 22.8 Å². The smallest absolute Gasteiger partial charge is 0.259 e. The molecule has 33 heavy (non-hydrogen) atoms. The molecule has 1 aliphatic heterocycles. The summed E-state index contributed by atoms with van der Waals surface area (Å²) >= 11 is 0. The number of aliphatic hydroxyl groups is 1. The molecule has 1 N–H and O–H groups in total. The van der Waals surface area contributed by atoms with Gasteiger partial charge in [-0.3, -0.25) is 4.79 Å². The molecule has 0 unspecified atom stereocenters. The van der Waals surface area contributed by atoms with E-state index in [1.807, 2.05) is 31.2 Å². The van der Waals surface area contributed by atoms with Crippen molar-refractivity contribution in [1.29, 1.82) is 0 Å². The molecule has 2 heterocycles. The molecule has 9 nitrogen and oxygen atoms in total. The summed E-state index contributed by atoms with van der Waals surface area (Å²) in [5.41, 5.74) is 1.84. The molecule has 0 fully saturated rings. The van der Waals surface area contributed by atoms with Crippen LogP contribution in [0.15, 0.2) is 36.5 Å². The van der Waals surface area contributed by atoms with E-state index in [1.54, 1.807) is 31.2 Å². The number of rotatable bonds is 7. The molecule has 0 aliphatic carbocycles. The first-order valence-corrected chi connectivity index (χ1v) is 12.5. The molecule has 0 radical (unpaired) electrons. The van der Waals surface area contributed by atoms with Crippen molar-refractivity contribution in [1.82, 2.24) is 14.2 Å². The van der Waals surface area contributed by atoms with E-state index >= 15 is 0 Å². The van der Waals surface area contributed by atoms with Crippen molar-refractivity contribution in [3.05, 3.63) is 42.1 Å². The highest BCUT2D eigenvalue weighted by atomic mass is 32.2. The molecule has 3 atom stereocenters. The first-order chi connectivity index (χ1) is 15.5. The highest BCUT2D eigenvalue weighted by molar-refractivity contribution is 7.88. The van der Waals surface area contributed by atoms with Gasteiger partial charge < -0.3 is 19.5 Å². The largest absolute Gasteiger partial charge is 0.497 e. The van der Waals surface area contributed by atoms with Crippen LogP contribution in [0, 0.1) is 5.92 Å². The minimum absolute atomic E-state index is 0.108. The van der Waals surface area contributed by atoms with Crippen LogP contribution < -0.4 is 9.47 Å². The second kappa shape index (κ2) is 10.1. The van der Waals surface area contributed by atoms with Gasteiger partial charge in [0.15, 0.2) is 0 Å². The van der Waals surface area contributed by atoms with E-state index in [4.69, 9.17) is 9.47 Å². The monoisotopic (exact) mass is 477 g/mol. The zero-order valence-electron chi connectivity index (χ0n) is 19.6. The predicted molar refractivity (Wildman–Crippen MR) is 125 cm³/mol. The van der Waals surface area contributed by atoms with Gasteiger partial charge in [0.05, 0.1) is 32.6 Å². The lowest BCUT2D eigenvalue weighted by Crippen LogP contribution is -2.50. The first kappa shape index (κ1) is 24.9. The van der Waals surface area contributed by atoms with E-state index in [2.05, 4.69) is 4.98 Å². The van der Waals surface area contributed by atoms with Gasteiger partial charge in [0.1, 0.15) is 17.4 Å². The van der Waals surface area contributed by atoms with Gasteiger partial charge in [-0.2, -0.15) is 0 Å². The number of aromatic nitrogens is 1. The lowest BCUT2D eigenvalue weighted by Gasteiger charge is -2.37. The Bertz CT molecular complexity index is 1090. The van der Waals surface area contributed by atoms with Crippen molar-refractivity contribution in [2.24, 2.45) is 5.92 Å². The van der Waals surface area contributed by atoms with Crippen LogP contribution in [0.2, 0.25) is 0 Å². The second-order valence-corrected chi connectivity index (χ2v) is 10.6. The molecule has 1 amide bonds. The van der Waals surface area contributed by atoms with Crippen molar-refractivity contribution >= 4 is 15.9 Å². The summed E-state index contributed by atoms with van der Waals surface area (Å²) < 4.78 is 36.5. The molecule has 3 rings (SSSR count). The zero-order chi connectivity index (χ0) is 24.3. The number of ether oxygens (including phenoxy) is 2. The lowest BCUT2D eigenvalue weighted by molar-refractivity contribution is 0.0374. The Morgan fingerprint density at radius 2 is 1.97 bits per heavy atom. The maximum atomic E-state index is 13.5. The van der Waals surface area contributed by atoms with Crippen LogP contribution in [0.1, 0.15) is 24.2 Å². The van der Waals surface area contributed by atoms with Gasteiger partial charge in [-0.05, 0) is 30.7 Å². The fourth-order valence-corrected chi connectivity index (χ4v) is 4.07. The summed E-state index contributed by atoms with van der Waals surface area (Å²) in [6, 6.07) is 8.68. The molecule has 0 spiro atoms. The number of sulfonamides is 1. The minimum atomic E-state index is -3.42. The quantitative estimate of drug-likeness (QED) is 0.648. The molecule has 1 aliphatic rings. The number of hydrogen-bond acceptors (Lipinski definition) is 7. The van der Waals surface area contributed by atoms with Crippen molar-refractivity contribution < 1.29 is 27.8 Å². The van der Waals surface area contributed by atoms with Crippen LogP contribution in [0.5, 0.6) is 11.6 Å². The van der Waals surface area contributed by atoms with Crippen LogP contribution in [0.4, 0.5) is 0 Å². The van der Waals surface area contributed by atoms with Gasteiger partial charge >= 0.3 is 0 Å². The van der Waals surface area contributed by atoms with E-state index in [0.717, 1.165) is 17.4 Å². The summed E-state index contributed by atoms with van der Waals surface area (Å²) in [4.78, 5) is 19.5. The molecule has 0 bridgehead atoms. The predicted octanol–water partition coefficient (Wildman–Crippen LogP) is 1.87. The Labute approximate surface area is 195 Å². The number of likely N-dealkylation sites (N-methyl/N-ethyl adjacent to an activating group) is 1. The van der Waals surface area contributed by atoms with E-state index in [-0.39, 0.29) is 36.4 Å². The number of nitrogens with zero attached hydrogens (tertiary/aromatic N) is 3. The molecule has 0 saturated carbocycles. The highest BCUT2D eigenvalue weighted by Crippen LogP contribution is 2.31. The minimum Gasteiger partial charge on any atom is -0.497 e. The standard InChI is InChI=1S/C23H31N3O6S/c1-15-12-26(16(2)14-27)23(28)20-10-18(17-6-8-19(31-4)9-7-17)11-24-22(20)32-21(15)13-25(3)33(5,29)30/h6-11,15-16,21,27H,12-14H2,1-5H3/t15-,16-,21+/m0/s1. The Kier molecular flexibility index (Phi) is 7.61. The van der Waals surface area contributed by atoms with Crippen LogP contribution >= 0.6 is 0 Å². The SMILES string of the molecule is COc1ccc(-c2cnc3c(c2)C(=O)N([C@@H](C)CO)C[C@H](C)[C@@H](CN(C)S(C)(=O)=O)O3)cc1.